The van der Waals surface area contributed by atoms with E-state index in [-0.39, 0.29) is 11.4 Å². The summed E-state index contributed by atoms with van der Waals surface area (Å²) < 4.78 is 37.3. The average molecular weight is 440 g/mol. The number of hydrogen-bond donors (Lipinski definition) is 2. The van der Waals surface area contributed by atoms with Crippen LogP contribution in [0.15, 0.2) is 18.2 Å². The van der Waals surface area contributed by atoms with Crippen LogP contribution in [0.1, 0.15) is 38.2 Å². The summed E-state index contributed by atoms with van der Waals surface area (Å²) in [5.41, 5.74) is -1.39. The molecule has 1 unspecified atom stereocenters. The smallest absolute Gasteiger partial charge is 0.361 e. The lowest BCUT2D eigenvalue weighted by Crippen LogP contribution is -2.49. The Morgan fingerprint density at radius 1 is 1.20 bits per heavy atom. The minimum Gasteiger partial charge on any atom is -0.361 e. The SMILES string of the molecule is CCCCCC(=O)NC(Nc1cc(Cl)ccc1C(F)(F)F)C(Cl)(Cl)Cl. The second kappa shape index (κ2) is 9.40. The fraction of sp³-hybridized carbons (Fsp3) is 0.533. The number of unbranched alkanes of at least 4 members (excludes halogenated alkanes) is 2. The maximum Gasteiger partial charge on any atom is 0.418 e. The lowest BCUT2D eigenvalue weighted by Gasteiger charge is -2.28. The van der Waals surface area contributed by atoms with Crippen LogP contribution in [0, 0.1) is 0 Å². The molecule has 1 aromatic carbocycles. The van der Waals surface area contributed by atoms with E-state index in [0.717, 1.165) is 31.0 Å². The standard InChI is InChI=1S/C15H17Cl4F3N2O/c1-2-3-4-5-12(25)24-13(14(17,18)19)23-11-8-9(16)6-7-10(11)15(20,21)22/h6-8,13,23H,2-5H2,1H3,(H,24,25). The van der Waals surface area contributed by atoms with Gasteiger partial charge in [0.15, 0.2) is 0 Å². The molecule has 0 heterocycles. The highest BCUT2D eigenvalue weighted by atomic mass is 35.6. The molecule has 10 heteroatoms. The third-order valence-electron chi connectivity index (χ3n) is 3.23. The molecule has 0 aliphatic rings. The molecule has 0 saturated heterocycles. The highest BCUT2D eigenvalue weighted by Crippen LogP contribution is 2.38. The van der Waals surface area contributed by atoms with Crippen molar-refractivity contribution in [3.8, 4) is 0 Å². The Bertz CT molecular complexity index is 591. The molecular formula is C15H17Cl4F3N2O. The van der Waals surface area contributed by atoms with Crippen molar-refractivity contribution in [3.63, 3.8) is 0 Å². The maximum absolute atomic E-state index is 13.1. The molecule has 0 aromatic heterocycles. The van der Waals surface area contributed by atoms with E-state index in [9.17, 15) is 18.0 Å². The van der Waals surface area contributed by atoms with Crippen LogP contribution in [0.3, 0.4) is 0 Å². The zero-order valence-corrected chi connectivity index (χ0v) is 16.2. The van der Waals surface area contributed by atoms with Crippen LogP contribution >= 0.6 is 46.4 Å². The van der Waals surface area contributed by atoms with Crippen molar-refractivity contribution >= 4 is 58.0 Å². The Morgan fingerprint density at radius 3 is 2.36 bits per heavy atom. The normalized spacial score (nSPS) is 13.4. The number of anilines is 1. The van der Waals surface area contributed by atoms with Gasteiger partial charge >= 0.3 is 6.18 Å². The van der Waals surface area contributed by atoms with E-state index in [2.05, 4.69) is 10.6 Å². The van der Waals surface area contributed by atoms with Gasteiger partial charge in [0.2, 0.25) is 9.70 Å². The van der Waals surface area contributed by atoms with Gasteiger partial charge in [-0.25, -0.2) is 0 Å². The van der Waals surface area contributed by atoms with Crippen molar-refractivity contribution in [1.82, 2.24) is 5.32 Å². The van der Waals surface area contributed by atoms with Crippen molar-refractivity contribution in [3.05, 3.63) is 28.8 Å². The fourth-order valence-electron chi connectivity index (χ4n) is 2.01. The number of halogens is 7. The third-order valence-corrected chi connectivity index (χ3v) is 4.12. The number of carbonyl (C=O) groups is 1. The molecule has 1 atom stereocenters. The predicted molar refractivity (Wildman–Crippen MR) is 96.4 cm³/mol. The molecule has 0 spiro atoms. The van der Waals surface area contributed by atoms with Crippen molar-refractivity contribution in [2.75, 3.05) is 5.32 Å². The molecule has 25 heavy (non-hydrogen) atoms. The maximum atomic E-state index is 13.1. The number of carbonyl (C=O) groups excluding carboxylic acids is 1. The lowest BCUT2D eigenvalue weighted by atomic mass is 10.1. The van der Waals surface area contributed by atoms with Gasteiger partial charge in [-0.1, -0.05) is 66.2 Å². The van der Waals surface area contributed by atoms with Crippen LogP contribution < -0.4 is 10.6 Å². The quantitative estimate of drug-likeness (QED) is 0.303. The highest BCUT2D eigenvalue weighted by Gasteiger charge is 2.38. The molecule has 0 aliphatic carbocycles. The van der Waals surface area contributed by atoms with Crippen LogP contribution in [-0.4, -0.2) is 15.9 Å². The zero-order valence-electron chi connectivity index (χ0n) is 13.2. The Kier molecular flexibility index (Phi) is 8.45. The summed E-state index contributed by atoms with van der Waals surface area (Å²) in [6, 6.07) is 2.96. The summed E-state index contributed by atoms with van der Waals surface area (Å²) >= 11 is 23.2. The summed E-state index contributed by atoms with van der Waals surface area (Å²) in [6.07, 6.45) is -3.46. The fourth-order valence-corrected chi connectivity index (χ4v) is 2.51. The molecule has 142 valence electrons. The zero-order chi connectivity index (χ0) is 19.3. The Morgan fingerprint density at radius 2 is 1.84 bits per heavy atom. The van der Waals surface area contributed by atoms with Gasteiger partial charge in [-0.15, -0.1) is 0 Å². The Labute approximate surface area is 164 Å². The number of nitrogens with one attached hydrogen (secondary N) is 2. The van der Waals surface area contributed by atoms with Gasteiger partial charge in [0.1, 0.15) is 6.17 Å². The molecule has 2 N–H and O–H groups in total. The first-order chi connectivity index (χ1) is 11.4. The summed E-state index contributed by atoms with van der Waals surface area (Å²) in [7, 11) is 0. The molecule has 0 fully saturated rings. The van der Waals surface area contributed by atoms with Gasteiger partial charge in [0.05, 0.1) is 5.56 Å². The first kappa shape index (κ1) is 22.5. The Balaban J connectivity index is 3.00. The van der Waals surface area contributed by atoms with Crippen LogP contribution in [0.5, 0.6) is 0 Å². The van der Waals surface area contributed by atoms with Crippen LogP contribution in [0.25, 0.3) is 0 Å². The van der Waals surface area contributed by atoms with E-state index >= 15 is 0 Å². The van der Waals surface area contributed by atoms with E-state index in [1.165, 1.54) is 0 Å². The number of rotatable bonds is 7. The monoisotopic (exact) mass is 438 g/mol. The summed E-state index contributed by atoms with van der Waals surface area (Å²) in [5.74, 6) is -0.437. The largest absolute Gasteiger partial charge is 0.418 e. The topological polar surface area (TPSA) is 41.1 Å². The van der Waals surface area contributed by atoms with Gasteiger partial charge in [-0.3, -0.25) is 4.79 Å². The number of amides is 1. The molecule has 3 nitrogen and oxygen atoms in total. The molecule has 1 aromatic rings. The molecular weight excluding hydrogens is 423 g/mol. The van der Waals surface area contributed by atoms with E-state index in [4.69, 9.17) is 46.4 Å². The third kappa shape index (κ3) is 7.69. The van der Waals surface area contributed by atoms with E-state index in [0.29, 0.717) is 6.42 Å². The second-order valence-corrected chi connectivity index (χ2v) is 8.14. The van der Waals surface area contributed by atoms with E-state index in [1.807, 2.05) is 6.92 Å². The highest BCUT2D eigenvalue weighted by molar-refractivity contribution is 6.68. The summed E-state index contributed by atoms with van der Waals surface area (Å²) in [5, 5.41) is 4.89. The number of hydrogen-bond acceptors (Lipinski definition) is 2. The minimum absolute atomic E-state index is 0.0628. The lowest BCUT2D eigenvalue weighted by molar-refractivity contribution is -0.137. The van der Waals surface area contributed by atoms with Crippen LogP contribution in [0.4, 0.5) is 18.9 Å². The average Bonchev–Trinajstić information content (AvgIpc) is 2.44. The predicted octanol–water partition coefficient (Wildman–Crippen LogP) is 6.16. The van der Waals surface area contributed by atoms with E-state index < -0.39 is 33.3 Å². The van der Waals surface area contributed by atoms with Gasteiger partial charge < -0.3 is 10.6 Å². The summed E-state index contributed by atoms with van der Waals surface area (Å²) in [4.78, 5) is 11.9. The Hall–Kier alpha value is -0.560. The number of alkyl halides is 6. The van der Waals surface area contributed by atoms with Gasteiger partial charge in [-0.05, 0) is 24.6 Å². The number of benzene rings is 1. The molecule has 0 bridgehead atoms. The van der Waals surface area contributed by atoms with Gasteiger partial charge in [-0.2, -0.15) is 13.2 Å². The van der Waals surface area contributed by atoms with Crippen LogP contribution in [0.2, 0.25) is 5.02 Å². The first-order valence-electron chi connectivity index (χ1n) is 7.44. The van der Waals surface area contributed by atoms with E-state index in [1.54, 1.807) is 0 Å². The minimum atomic E-state index is -4.64. The van der Waals surface area contributed by atoms with Crippen molar-refractivity contribution in [2.45, 2.75) is 48.7 Å². The molecule has 0 radical (unpaired) electrons. The first-order valence-corrected chi connectivity index (χ1v) is 8.95. The van der Waals surface area contributed by atoms with Crippen molar-refractivity contribution in [1.29, 1.82) is 0 Å². The summed E-state index contributed by atoms with van der Waals surface area (Å²) in [6.45, 7) is 1.97. The molecule has 1 rings (SSSR count). The van der Waals surface area contributed by atoms with Crippen LogP contribution in [-0.2, 0) is 11.0 Å². The molecule has 1 amide bonds. The van der Waals surface area contributed by atoms with Crippen molar-refractivity contribution in [2.24, 2.45) is 0 Å². The van der Waals surface area contributed by atoms with Gasteiger partial charge in [0, 0.05) is 17.1 Å². The van der Waals surface area contributed by atoms with Gasteiger partial charge in [0.25, 0.3) is 0 Å². The molecule has 0 aliphatic heterocycles. The second-order valence-electron chi connectivity index (χ2n) is 5.33. The molecule has 0 saturated carbocycles. The van der Waals surface area contributed by atoms with Crippen molar-refractivity contribution < 1.29 is 18.0 Å².